The fourth-order valence-electron chi connectivity index (χ4n) is 12.6. The number of amides is 6. The largest absolute Gasteiger partial charge is 0.404 e. The van der Waals surface area contributed by atoms with Crippen molar-refractivity contribution in [2.24, 2.45) is 28.5 Å². The van der Waals surface area contributed by atoms with Crippen LogP contribution in [0.5, 0.6) is 0 Å². The van der Waals surface area contributed by atoms with E-state index in [-0.39, 0.29) is 111 Å². The van der Waals surface area contributed by atoms with Gasteiger partial charge in [0.05, 0.1) is 89.1 Å². The van der Waals surface area contributed by atoms with Crippen LogP contribution in [0.3, 0.4) is 0 Å². The minimum atomic E-state index is -0.367. The normalized spacial score (nSPS) is 15.8. The number of fused-ring (bicyclic) bond motifs is 3. The third kappa shape index (κ3) is 19.7. The summed E-state index contributed by atoms with van der Waals surface area (Å²) in [5.41, 5.74) is 40.3. The van der Waals surface area contributed by atoms with Crippen molar-refractivity contribution >= 4 is 152 Å². The number of nitrogens with two attached hydrogens (primary N) is 5. The summed E-state index contributed by atoms with van der Waals surface area (Å²) in [4.78, 5) is 132. The number of H-pyrrole nitrogens is 3. The van der Waals surface area contributed by atoms with Crippen molar-refractivity contribution in [2.75, 3.05) is 151 Å². The number of halogens is 3. The number of nitrogens with one attached hydrogen (secondary N) is 6. The number of allylic oxidation sites excluding steroid dienone is 1. The highest BCUT2D eigenvalue weighted by Gasteiger charge is 2.41. The summed E-state index contributed by atoms with van der Waals surface area (Å²) in [6.07, 6.45) is 14.6. The maximum absolute atomic E-state index is 13.7. The van der Waals surface area contributed by atoms with Crippen molar-refractivity contribution in [2.45, 2.75) is 68.9 Å². The molecule has 0 radical (unpaired) electrons. The number of nitrogen functional groups attached to an aromatic ring is 3. The molecular weight excluding hydrogens is 1490 g/mol. The quantitative estimate of drug-likeness (QED) is 0.0167. The Bertz CT molecular complexity index is 4870. The van der Waals surface area contributed by atoms with Crippen molar-refractivity contribution in [1.82, 2.24) is 85.3 Å². The van der Waals surface area contributed by atoms with Crippen LogP contribution in [0.1, 0.15) is 129 Å². The van der Waals surface area contributed by atoms with Crippen LogP contribution in [-0.4, -0.2) is 235 Å². The lowest BCUT2D eigenvalue weighted by Gasteiger charge is -2.26. The van der Waals surface area contributed by atoms with Crippen LogP contribution < -0.4 is 59.3 Å². The topological polar surface area (TPSA) is 465 Å². The zero-order valence-electron chi connectivity index (χ0n) is 64.3. The molecule has 11 heterocycles. The number of rotatable bonds is 27. The molecule has 590 valence electrons. The van der Waals surface area contributed by atoms with E-state index in [9.17, 15) is 28.8 Å². The lowest BCUT2D eigenvalue weighted by atomic mass is 10.1. The number of likely N-dealkylation sites (N-methyl/N-ethyl adjacent to an activating group) is 2. The van der Waals surface area contributed by atoms with Gasteiger partial charge in [-0.15, -0.1) is 0 Å². The Kier molecular flexibility index (Phi) is 28.7. The number of hydrogen-bond acceptors (Lipinski definition) is 24. The van der Waals surface area contributed by atoms with E-state index in [0.717, 1.165) is 70.2 Å². The molecule has 6 amide bonds. The Balaban J connectivity index is 0.000000191. The monoisotopic (exact) mass is 1580 g/mol. The molecule has 4 aliphatic heterocycles. The van der Waals surface area contributed by atoms with E-state index in [1.54, 1.807) is 87.8 Å². The Morgan fingerprint density at radius 1 is 0.631 bits per heavy atom. The molecule has 4 aliphatic rings. The van der Waals surface area contributed by atoms with Crippen LogP contribution in [0.4, 0.5) is 35.3 Å². The number of aryl methyl sites for hydroxylation is 1. The third-order valence-corrected chi connectivity index (χ3v) is 20.2. The van der Waals surface area contributed by atoms with Gasteiger partial charge in [0.2, 0.25) is 17.8 Å². The first-order valence-electron chi connectivity index (χ1n) is 36.0. The van der Waals surface area contributed by atoms with E-state index in [4.69, 9.17) is 68.2 Å². The minimum absolute atomic E-state index is 0.0252. The van der Waals surface area contributed by atoms with Crippen LogP contribution in [-0.2, 0) is 32.7 Å². The number of morpholine rings is 1. The molecule has 0 unspecified atom stereocenters. The molecule has 37 heteroatoms. The zero-order chi connectivity index (χ0) is 80.7. The fourth-order valence-corrected chi connectivity index (χ4v) is 13.4. The van der Waals surface area contributed by atoms with E-state index in [1.807, 2.05) is 27.8 Å². The van der Waals surface area contributed by atoms with Gasteiger partial charge in [0.15, 0.2) is 17.5 Å². The number of aromatic amines is 3. The van der Waals surface area contributed by atoms with Crippen LogP contribution in [0, 0.1) is 20.8 Å². The number of ether oxygens (including phenoxy) is 1. The number of aliphatic imine (C=N–C) groups is 2. The molecule has 0 atom stereocenters. The molecule has 0 aromatic carbocycles. The van der Waals surface area contributed by atoms with Gasteiger partial charge < -0.3 is 74.1 Å². The number of nitrogens with zero attached hydrogens (tertiary/aromatic N) is 16. The molecule has 7 aromatic rings. The van der Waals surface area contributed by atoms with Crippen molar-refractivity contribution in [3.05, 3.63) is 143 Å². The predicted octanol–water partition coefficient (Wildman–Crippen LogP) is 5.71. The van der Waals surface area contributed by atoms with Gasteiger partial charge in [-0.05, 0) is 102 Å². The average Bonchev–Trinajstić information content (AvgIpc) is 1.61. The predicted molar refractivity (Wildman–Crippen MR) is 436 cm³/mol. The highest BCUT2D eigenvalue weighted by molar-refractivity contribution is 6.43. The Hall–Kier alpha value is -11.1. The van der Waals surface area contributed by atoms with Crippen LogP contribution in [0.25, 0.3) is 34.9 Å². The van der Waals surface area contributed by atoms with Gasteiger partial charge in [-0.25, -0.2) is 15.0 Å². The lowest BCUT2D eigenvalue weighted by Crippen LogP contribution is -2.41. The first-order chi connectivity index (χ1) is 53.1. The van der Waals surface area contributed by atoms with Crippen LogP contribution in [0.2, 0.25) is 15.5 Å². The molecule has 0 spiro atoms. The Labute approximate surface area is 658 Å². The lowest BCUT2D eigenvalue weighted by molar-refractivity contribution is -0.113. The summed E-state index contributed by atoms with van der Waals surface area (Å²) in [6.45, 7) is 28.7. The summed E-state index contributed by atoms with van der Waals surface area (Å²) in [6, 6.07) is 1.66. The van der Waals surface area contributed by atoms with Crippen molar-refractivity contribution in [3.8, 4) is 0 Å². The second-order valence-electron chi connectivity index (χ2n) is 26.1. The molecule has 11 rings (SSSR count). The van der Waals surface area contributed by atoms with Gasteiger partial charge in [0.1, 0.15) is 15.5 Å². The van der Waals surface area contributed by atoms with Gasteiger partial charge in [-0.1, -0.05) is 62.5 Å². The number of anilines is 6. The number of hydrogen-bond donors (Lipinski definition) is 11. The van der Waals surface area contributed by atoms with E-state index >= 15 is 0 Å². The molecule has 1 saturated heterocycles. The summed E-state index contributed by atoms with van der Waals surface area (Å²) in [7, 11) is 5.14. The Morgan fingerprint density at radius 3 is 1.55 bits per heavy atom. The SMILES string of the molecule is CCN(CC)CCNC(=O)c1c[nH]c(/C=C2\C(=O)N(CC(=CN)C(C)=NC)c3nc(N)nc(Cl)c32)c1C.CCN(CC)CCNC(=O)c1c[nH]c(/C=C2\C(=O)N(CC(N)=CC(C)=NC)c3nc(N)nc(Cl)c32)c1.Cc1c(C(=O)NCCN2CCOCC2)c[nH]c1/C=C1\C(=O)N(Cc2cnn(C)c2C)c2nc(N)nc(Cl)c21. The van der Waals surface area contributed by atoms with Crippen LogP contribution in [0.15, 0.2) is 64.4 Å². The van der Waals surface area contributed by atoms with Gasteiger partial charge in [-0.2, -0.15) is 20.1 Å². The van der Waals surface area contributed by atoms with Crippen LogP contribution >= 0.6 is 34.8 Å². The molecular formula is C74H96Cl3N27O7. The molecule has 1 fully saturated rings. The Morgan fingerprint density at radius 2 is 1.09 bits per heavy atom. The standard InChI is InChI=1S/C25H30ClN9O3.C25H34ClN9O2.C24H32ClN9O2/c1-14-18(23(36)28-4-5-34-6-8-38-9-7-34)12-29-19(14)10-17-20-21(26)31-25(27)32-22(20)35(24(17)37)13-16-11-30-33(3)15(16)2;1-6-34(7-2)9-8-30-23(36)18-12-31-19(14(18)3)10-17-20-21(26)32-25(28)33-22(20)35(24(17)37)13-16(11-27)15(4)29-5;1-5-33(6-2)8-7-29-22(35)15-10-17(30-12-15)11-18-19-20(25)31-24(27)32-21(19)34(23(18)36)13-16(26)9-14(3)28-4/h10-12,29H,4-9,13H2,1-3H3,(H,28,36)(H2,27,31,32);10-12,31H,6-9,13,27H2,1-5H3,(H,30,36)(H2,28,32,33);9-12,30H,5-8,13,26H2,1-4H3,(H,29,35)(H2,27,31,32)/b17-10-;16-11?,17-10-,29-15?;16-9?,18-11-,28-14?. The second-order valence-corrected chi connectivity index (χ2v) is 27.2. The zero-order valence-corrected chi connectivity index (χ0v) is 66.6. The average molecular weight is 1580 g/mol. The van der Waals surface area contributed by atoms with Crippen molar-refractivity contribution in [3.63, 3.8) is 0 Å². The highest BCUT2D eigenvalue weighted by atomic mass is 35.5. The molecule has 16 N–H and O–H groups in total. The highest BCUT2D eigenvalue weighted by Crippen LogP contribution is 2.44. The molecule has 0 bridgehead atoms. The summed E-state index contributed by atoms with van der Waals surface area (Å²) in [5, 5.41) is 13.3. The maximum atomic E-state index is 13.7. The molecule has 111 heavy (non-hydrogen) atoms. The van der Waals surface area contributed by atoms with E-state index in [2.05, 4.69) is 118 Å². The van der Waals surface area contributed by atoms with Gasteiger partial charge in [0, 0.05) is 149 Å². The number of carbonyl (C=O) groups is 6. The first kappa shape index (κ1) is 83.9. The van der Waals surface area contributed by atoms with Gasteiger partial charge >= 0.3 is 0 Å². The fraction of sp³-hybridized carbons (Fsp3) is 0.392. The summed E-state index contributed by atoms with van der Waals surface area (Å²) < 4.78 is 7.10. The second kappa shape index (κ2) is 38.0. The molecule has 0 aliphatic carbocycles. The van der Waals surface area contributed by atoms with Gasteiger partial charge in [-0.3, -0.25) is 63.0 Å². The van der Waals surface area contributed by atoms with Gasteiger partial charge in [0.25, 0.3) is 35.4 Å². The minimum Gasteiger partial charge on any atom is -0.404 e. The van der Waals surface area contributed by atoms with E-state index in [0.29, 0.717) is 129 Å². The van der Waals surface area contributed by atoms with Crippen molar-refractivity contribution < 1.29 is 33.5 Å². The summed E-state index contributed by atoms with van der Waals surface area (Å²) >= 11 is 19.3. The third-order valence-electron chi connectivity index (χ3n) is 19.4. The van der Waals surface area contributed by atoms with Crippen molar-refractivity contribution in [1.29, 1.82) is 0 Å². The van der Waals surface area contributed by atoms with E-state index < -0.39 is 0 Å². The number of carbonyl (C=O) groups excluding carboxylic acids is 6. The number of aromatic nitrogens is 11. The maximum Gasteiger partial charge on any atom is 0.260 e. The molecule has 7 aromatic heterocycles. The first-order valence-corrected chi connectivity index (χ1v) is 37.2. The smallest absolute Gasteiger partial charge is 0.260 e. The van der Waals surface area contributed by atoms with E-state index in [1.165, 1.54) is 20.9 Å². The molecule has 0 saturated carbocycles. The molecule has 34 nitrogen and oxygen atoms in total. The summed E-state index contributed by atoms with van der Waals surface area (Å²) in [5.74, 6) is -0.828.